The van der Waals surface area contributed by atoms with Crippen LogP contribution in [0.4, 0.5) is 5.69 Å². The number of fused-ring (bicyclic) bond motifs is 1. The van der Waals surface area contributed by atoms with Crippen molar-refractivity contribution in [2.45, 2.75) is 18.0 Å². The van der Waals surface area contributed by atoms with E-state index >= 15 is 0 Å². The Morgan fingerprint density at radius 3 is 2.47 bits per heavy atom. The first-order valence-electron chi connectivity index (χ1n) is 11.8. The summed E-state index contributed by atoms with van der Waals surface area (Å²) >= 11 is 1.53. The minimum atomic E-state index is -0.670. The number of nitro benzene ring substituents is 1. The number of β-lactam (4-membered cyclic amide) rings is 1. The molecule has 38 heavy (non-hydrogen) atoms. The summed E-state index contributed by atoms with van der Waals surface area (Å²) in [7, 11) is 1.58. The molecule has 0 aliphatic carbocycles. The van der Waals surface area contributed by atoms with E-state index in [1.54, 1.807) is 31.4 Å². The lowest BCUT2D eigenvalue weighted by Crippen LogP contribution is -2.64. The Hall–Kier alpha value is -4.44. The van der Waals surface area contributed by atoms with Gasteiger partial charge in [-0.1, -0.05) is 42.5 Å². The summed E-state index contributed by atoms with van der Waals surface area (Å²) < 4.78 is 10.8. The first kappa shape index (κ1) is 25.2. The number of aliphatic imine (C=N–C) groups is 1. The topological polar surface area (TPSA) is 111 Å². The maximum atomic E-state index is 13.4. The number of rotatable bonds is 8. The lowest BCUT2D eigenvalue weighted by molar-refractivity contribution is -0.384. The van der Waals surface area contributed by atoms with Gasteiger partial charge in [0.1, 0.15) is 23.4 Å². The third-order valence-corrected chi connectivity index (χ3v) is 7.54. The molecule has 0 spiro atoms. The summed E-state index contributed by atoms with van der Waals surface area (Å²) in [6.07, 6.45) is 1.53. The van der Waals surface area contributed by atoms with E-state index < -0.39 is 16.9 Å². The van der Waals surface area contributed by atoms with Crippen LogP contribution in [0.1, 0.15) is 16.7 Å². The molecule has 0 aromatic heterocycles. The number of nitrogens with zero attached hydrogens (tertiary/aromatic N) is 3. The van der Waals surface area contributed by atoms with E-state index in [4.69, 9.17) is 9.47 Å². The number of nitro groups is 1. The Bertz CT molecular complexity index is 1420. The summed E-state index contributed by atoms with van der Waals surface area (Å²) in [6.45, 7) is 0.0516. The van der Waals surface area contributed by atoms with Gasteiger partial charge >= 0.3 is 5.97 Å². The highest BCUT2D eigenvalue weighted by atomic mass is 32.2. The summed E-state index contributed by atoms with van der Waals surface area (Å²) in [5, 5.41) is 10.5. The fraction of sp³-hybridized carbons (Fsp3) is 0.179. The molecule has 3 aromatic rings. The van der Waals surface area contributed by atoms with E-state index in [1.807, 2.05) is 42.5 Å². The molecule has 192 valence electrons. The molecule has 1 amide bonds. The number of methoxy groups -OCH3 is 1. The smallest absolute Gasteiger partial charge is 0.355 e. The van der Waals surface area contributed by atoms with Crippen molar-refractivity contribution >= 4 is 41.1 Å². The third-order valence-electron chi connectivity index (χ3n) is 6.27. The predicted octanol–water partition coefficient (Wildman–Crippen LogP) is 4.46. The number of thioether (sulfide) groups is 1. The van der Waals surface area contributed by atoms with Gasteiger partial charge in [0.05, 0.1) is 12.0 Å². The maximum absolute atomic E-state index is 13.4. The van der Waals surface area contributed by atoms with Crippen molar-refractivity contribution in [3.8, 4) is 5.75 Å². The Morgan fingerprint density at radius 2 is 1.82 bits per heavy atom. The van der Waals surface area contributed by atoms with Crippen LogP contribution < -0.4 is 4.74 Å². The number of non-ortho nitro benzene ring substituents is 1. The van der Waals surface area contributed by atoms with Crippen LogP contribution in [0.5, 0.6) is 5.75 Å². The highest BCUT2D eigenvalue weighted by Gasteiger charge is 2.54. The van der Waals surface area contributed by atoms with E-state index in [0.717, 1.165) is 16.7 Å². The van der Waals surface area contributed by atoms with Crippen molar-refractivity contribution in [3.05, 3.63) is 111 Å². The molecule has 0 N–H and O–H groups in total. The molecule has 2 aliphatic heterocycles. The first-order chi connectivity index (χ1) is 18.5. The Kier molecular flexibility index (Phi) is 7.23. The third kappa shape index (κ3) is 5.03. The Balaban J connectivity index is 1.37. The van der Waals surface area contributed by atoms with Crippen molar-refractivity contribution in [2.75, 3.05) is 12.9 Å². The van der Waals surface area contributed by atoms with E-state index in [2.05, 4.69) is 4.99 Å². The number of ether oxygens (including phenoxy) is 2. The molecule has 3 aromatic carbocycles. The van der Waals surface area contributed by atoms with Gasteiger partial charge in [-0.05, 0) is 41.0 Å². The van der Waals surface area contributed by atoms with Crippen LogP contribution in [-0.2, 0) is 20.9 Å². The molecular formula is C28H23N3O6S. The standard InChI is InChI=1S/C28H23N3O6S/c1-36-22-13-9-19(10-14-22)16-37-28(33)25-23(20-5-3-2-4-6-20)17-38-27-24(26(32)30(25)27)29-15-18-7-11-21(12-8-18)31(34)35/h2-15,24,27H,16-17H2,1H3/t24-,27-/m1/s1. The lowest BCUT2D eigenvalue weighted by atomic mass is 9.99. The van der Waals surface area contributed by atoms with Crippen LogP contribution in [0.25, 0.3) is 5.57 Å². The van der Waals surface area contributed by atoms with Crippen molar-refractivity contribution in [3.63, 3.8) is 0 Å². The average molecular weight is 530 g/mol. The van der Waals surface area contributed by atoms with Crippen LogP contribution in [0.2, 0.25) is 0 Å². The zero-order valence-electron chi connectivity index (χ0n) is 20.4. The minimum Gasteiger partial charge on any atom is -0.497 e. The number of hydrogen-bond acceptors (Lipinski definition) is 8. The van der Waals surface area contributed by atoms with Gasteiger partial charge in [-0.25, -0.2) is 4.79 Å². The molecular weight excluding hydrogens is 506 g/mol. The van der Waals surface area contributed by atoms with Gasteiger partial charge in [-0.15, -0.1) is 11.8 Å². The normalized spacial score (nSPS) is 18.7. The Morgan fingerprint density at radius 1 is 1.11 bits per heavy atom. The van der Waals surface area contributed by atoms with E-state index in [0.29, 0.717) is 17.1 Å². The molecule has 9 nitrogen and oxygen atoms in total. The molecule has 2 aliphatic rings. The highest BCUT2D eigenvalue weighted by Crippen LogP contribution is 2.44. The minimum absolute atomic E-state index is 0.0211. The van der Waals surface area contributed by atoms with Gasteiger partial charge in [0.15, 0.2) is 6.04 Å². The average Bonchev–Trinajstić information content (AvgIpc) is 2.96. The van der Waals surface area contributed by atoms with Crippen molar-refractivity contribution < 1.29 is 24.0 Å². The van der Waals surface area contributed by atoms with Gasteiger partial charge < -0.3 is 9.47 Å². The van der Waals surface area contributed by atoms with Crippen LogP contribution in [-0.4, -0.2) is 52.2 Å². The number of benzene rings is 3. The van der Waals surface area contributed by atoms with Gasteiger partial charge in [-0.3, -0.25) is 24.8 Å². The SMILES string of the molecule is COc1ccc(COC(=O)C2=C(c3ccccc3)CS[C@@H]3[C@H](N=Cc4ccc([N+](=O)[O-])cc4)C(=O)N23)cc1. The first-order valence-corrected chi connectivity index (χ1v) is 12.8. The molecule has 1 fully saturated rings. The molecule has 2 heterocycles. The number of esters is 1. The van der Waals surface area contributed by atoms with Crippen molar-refractivity contribution in [1.29, 1.82) is 0 Å². The second kappa shape index (κ2) is 10.9. The highest BCUT2D eigenvalue weighted by molar-refractivity contribution is 8.00. The second-order valence-electron chi connectivity index (χ2n) is 8.60. The van der Waals surface area contributed by atoms with Crippen molar-refractivity contribution in [2.24, 2.45) is 4.99 Å². The Labute approximate surface area is 222 Å². The summed E-state index contributed by atoms with van der Waals surface area (Å²) in [5.41, 5.74) is 3.23. The summed E-state index contributed by atoms with van der Waals surface area (Å²) in [5.74, 6) is 0.337. The number of carbonyl (C=O) groups is 2. The van der Waals surface area contributed by atoms with Gasteiger partial charge in [0.25, 0.3) is 11.6 Å². The van der Waals surface area contributed by atoms with E-state index in [1.165, 1.54) is 35.0 Å². The predicted molar refractivity (Wildman–Crippen MR) is 144 cm³/mol. The van der Waals surface area contributed by atoms with E-state index in [9.17, 15) is 19.7 Å². The zero-order valence-corrected chi connectivity index (χ0v) is 21.2. The molecule has 0 bridgehead atoms. The van der Waals surface area contributed by atoms with Crippen LogP contribution in [0, 0.1) is 10.1 Å². The fourth-order valence-corrected chi connectivity index (χ4v) is 5.61. The molecule has 0 saturated carbocycles. The van der Waals surface area contributed by atoms with Crippen LogP contribution in [0.3, 0.4) is 0 Å². The van der Waals surface area contributed by atoms with Gasteiger partial charge in [0, 0.05) is 29.7 Å². The summed E-state index contributed by atoms with van der Waals surface area (Å²) in [4.78, 5) is 43.0. The molecule has 0 radical (unpaired) electrons. The van der Waals surface area contributed by atoms with E-state index in [-0.39, 0.29) is 29.3 Å². The maximum Gasteiger partial charge on any atom is 0.355 e. The largest absolute Gasteiger partial charge is 0.497 e. The number of carbonyl (C=O) groups excluding carboxylic acids is 2. The lowest BCUT2D eigenvalue weighted by Gasteiger charge is -2.48. The number of amides is 1. The molecule has 5 rings (SSSR count). The monoisotopic (exact) mass is 529 g/mol. The van der Waals surface area contributed by atoms with Gasteiger partial charge in [0.2, 0.25) is 0 Å². The summed E-state index contributed by atoms with van der Waals surface area (Å²) in [6, 6.07) is 21.9. The second-order valence-corrected chi connectivity index (χ2v) is 9.70. The van der Waals surface area contributed by atoms with Crippen LogP contribution in [0.15, 0.2) is 89.6 Å². The molecule has 2 atom stereocenters. The zero-order chi connectivity index (χ0) is 26.6. The molecule has 1 saturated heterocycles. The molecule has 10 heteroatoms. The fourth-order valence-electron chi connectivity index (χ4n) is 4.24. The quantitative estimate of drug-likeness (QED) is 0.139. The van der Waals surface area contributed by atoms with Gasteiger partial charge in [-0.2, -0.15) is 0 Å². The number of hydrogen-bond donors (Lipinski definition) is 0. The van der Waals surface area contributed by atoms with Crippen LogP contribution >= 0.6 is 11.8 Å². The van der Waals surface area contributed by atoms with Crippen molar-refractivity contribution in [1.82, 2.24) is 4.90 Å². The molecule has 0 unspecified atom stereocenters.